The molecule has 0 saturated heterocycles. The Balaban J connectivity index is 1.74. The van der Waals surface area contributed by atoms with E-state index in [0.717, 1.165) is 12.5 Å². The minimum atomic E-state index is 0.491. The molecule has 2 unspecified atom stereocenters. The zero-order valence-corrected chi connectivity index (χ0v) is 8.28. The molecule has 2 N–H and O–H groups in total. The van der Waals surface area contributed by atoms with Crippen molar-refractivity contribution in [3.63, 3.8) is 0 Å². The average Bonchev–Trinajstić information content (AvgIpc) is 2.53. The van der Waals surface area contributed by atoms with Gasteiger partial charge in [-0.2, -0.15) is 0 Å². The van der Waals surface area contributed by atoms with Gasteiger partial charge in [0.25, 0.3) is 0 Å². The van der Waals surface area contributed by atoms with Crippen molar-refractivity contribution in [3.05, 3.63) is 12.2 Å². The van der Waals surface area contributed by atoms with Gasteiger partial charge in [0.2, 0.25) is 0 Å². The summed E-state index contributed by atoms with van der Waals surface area (Å²) in [5.41, 5.74) is 5.90. The van der Waals surface area contributed by atoms with Gasteiger partial charge in [0.1, 0.15) is 0 Å². The predicted molar refractivity (Wildman–Crippen MR) is 55.5 cm³/mol. The maximum Gasteiger partial charge on any atom is 0.0163 e. The van der Waals surface area contributed by atoms with Gasteiger partial charge in [-0.25, -0.2) is 0 Å². The average molecular weight is 180 g/mol. The molecule has 2 atom stereocenters. The molecule has 74 valence electrons. The molecule has 2 rings (SSSR count). The lowest BCUT2D eigenvalue weighted by molar-refractivity contribution is 0.250. The van der Waals surface area contributed by atoms with Crippen molar-refractivity contribution in [2.45, 2.75) is 31.7 Å². The fourth-order valence-corrected chi connectivity index (χ4v) is 2.50. The minimum absolute atomic E-state index is 0.491. The molecule has 1 heterocycles. The first-order chi connectivity index (χ1) is 6.34. The van der Waals surface area contributed by atoms with E-state index in [1.165, 1.54) is 38.8 Å². The van der Waals surface area contributed by atoms with Crippen LogP contribution in [-0.4, -0.2) is 30.6 Å². The quantitative estimate of drug-likeness (QED) is 0.650. The van der Waals surface area contributed by atoms with Crippen molar-refractivity contribution in [3.8, 4) is 0 Å². The van der Waals surface area contributed by atoms with Crippen LogP contribution in [0.5, 0.6) is 0 Å². The molecule has 1 aliphatic heterocycles. The lowest BCUT2D eigenvalue weighted by Crippen LogP contribution is -2.32. The van der Waals surface area contributed by atoms with Crippen molar-refractivity contribution >= 4 is 0 Å². The van der Waals surface area contributed by atoms with Crippen LogP contribution in [0.15, 0.2) is 12.2 Å². The molecule has 0 aromatic heterocycles. The van der Waals surface area contributed by atoms with Crippen molar-refractivity contribution in [2.24, 2.45) is 11.7 Å². The van der Waals surface area contributed by atoms with Crippen molar-refractivity contribution in [1.29, 1.82) is 0 Å². The molecule has 0 bridgehead atoms. The summed E-state index contributed by atoms with van der Waals surface area (Å²) in [5.74, 6) is 0.876. The third kappa shape index (κ3) is 2.55. The number of hydrogen-bond donors (Lipinski definition) is 1. The van der Waals surface area contributed by atoms with E-state index in [-0.39, 0.29) is 0 Å². The second-order valence-corrected chi connectivity index (χ2v) is 4.46. The van der Waals surface area contributed by atoms with Crippen LogP contribution in [0.2, 0.25) is 0 Å². The zero-order chi connectivity index (χ0) is 9.10. The highest BCUT2D eigenvalue weighted by atomic mass is 15.1. The first-order valence-electron chi connectivity index (χ1n) is 5.47. The highest BCUT2D eigenvalue weighted by molar-refractivity contribution is 4.92. The highest BCUT2D eigenvalue weighted by Crippen LogP contribution is 2.25. The Bertz CT molecular complexity index is 189. The third-order valence-corrected chi connectivity index (χ3v) is 3.24. The summed E-state index contributed by atoms with van der Waals surface area (Å²) in [6.07, 6.45) is 9.66. The summed E-state index contributed by atoms with van der Waals surface area (Å²) in [7, 11) is 0. The topological polar surface area (TPSA) is 29.3 Å². The molecule has 1 fully saturated rings. The first-order valence-corrected chi connectivity index (χ1v) is 5.47. The van der Waals surface area contributed by atoms with Crippen molar-refractivity contribution < 1.29 is 0 Å². The number of rotatable bonds is 2. The van der Waals surface area contributed by atoms with Crippen LogP contribution in [0.1, 0.15) is 25.7 Å². The van der Waals surface area contributed by atoms with E-state index in [1.807, 2.05) is 0 Å². The van der Waals surface area contributed by atoms with E-state index >= 15 is 0 Å². The smallest absolute Gasteiger partial charge is 0.0163 e. The Morgan fingerprint density at radius 3 is 2.85 bits per heavy atom. The van der Waals surface area contributed by atoms with Gasteiger partial charge in [0.05, 0.1) is 0 Å². The third-order valence-electron chi connectivity index (χ3n) is 3.24. The maximum atomic E-state index is 5.90. The summed E-state index contributed by atoms with van der Waals surface area (Å²) in [6.45, 7) is 3.69. The van der Waals surface area contributed by atoms with E-state index in [9.17, 15) is 0 Å². The fourth-order valence-electron chi connectivity index (χ4n) is 2.50. The zero-order valence-electron chi connectivity index (χ0n) is 8.28. The number of nitrogens with two attached hydrogens (primary N) is 1. The van der Waals surface area contributed by atoms with Crippen LogP contribution in [-0.2, 0) is 0 Å². The SMILES string of the molecule is NC1CCC(CN2CC=CCC2)C1. The molecule has 1 saturated carbocycles. The molecule has 0 radical (unpaired) electrons. The van der Waals surface area contributed by atoms with Gasteiger partial charge in [0.15, 0.2) is 0 Å². The Kier molecular flexibility index (Phi) is 3.01. The van der Waals surface area contributed by atoms with E-state index in [4.69, 9.17) is 5.73 Å². The van der Waals surface area contributed by atoms with Crippen LogP contribution < -0.4 is 5.73 Å². The highest BCUT2D eigenvalue weighted by Gasteiger charge is 2.23. The molecule has 1 aliphatic carbocycles. The van der Waals surface area contributed by atoms with Crippen LogP contribution in [0.25, 0.3) is 0 Å². The van der Waals surface area contributed by atoms with E-state index in [2.05, 4.69) is 17.1 Å². The summed E-state index contributed by atoms with van der Waals surface area (Å²) < 4.78 is 0. The van der Waals surface area contributed by atoms with Gasteiger partial charge in [0, 0.05) is 25.7 Å². The molecule has 2 heteroatoms. The maximum absolute atomic E-state index is 5.90. The van der Waals surface area contributed by atoms with E-state index in [0.29, 0.717) is 6.04 Å². The first kappa shape index (κ1) is 9.22. The predicted octanol–water partition coefficient (Wildman–Crippen LogP) is 1.38. The van der Waals surface area contributed by atoms with Gasteiger partial charge in [-0.3, -0.25) is 4.90 Å². The van der Waals surface area contributed by atoms with Gasteiger partial charge >= 0.3 is 0 Å². The van der Waals surface area contributed by atoms with Gasteiger partial charge < -0.3 is 5.73 Å². The van der Waals surface area contributed by atoms with Crippen LogP contribution in [0, 0.1) is 5.92 Å². The van der Waals surface area contributed by atoms with Gasteiger partial charge in [-0.1, -0.05) is 12.2 Å². The standard InChI is InChI=1S/C11H20N2/c12-11-5-4-10(8-11)9-13-6-2-1-3-7-13/h1-2,10-11H,3-9,12H2. The molecule has 13 heavy (non-hydrogen) atoms. The van der Waals surface area contributed by atoms with E-state index < -0.39 is 0 Å². The molecule has 0 aromatic rings. The fraction of sp³-hybridized carbons (Fsp3) is 0.818. The Morgan fingerprint density at radius 1 is 1.31 bits per heavy atom. The second kappa shape index (κ2) is 4.25. The summed E-state index contributed by atoms with van der Waals surface area (Å²) in [4.78, 5) is 2.56. The lowest BCUT2D eigenvalue weighted by Gasteiger charge is -2.26. The van der Waals surface area contributed by atoms with Crippen molar-refractivity contribution in [1.82, 2.24) is 4.90 Å². The number of nitrogens with zero attached hydrogens (tertiary/aromatic N) is 1. The summed E-state index contributed by atoms with van der Waals surface area (Å²) in [6, 6.07) is 0.491. The van der Waals surface area contributed by atoms with E-state index in [1.54, 1.807) is 0 Å². The lowest BCUT2D eigenvalue weighted by atomic mass is 10.1. The Morgan fingerprint density at radius 2 is 2.23 bits per heavy atom. The Hall–Kier alpha value is -0.340. The summed E-state index contributed by atoms with van der Waals surface area (Å²) in [5, 5.41) is 0. The molecule has 2 aliphatic rings. The Labute approximate surface area is 80.8 Å². The molecule has 0 amide bonds. The molecular weight excluding hydrogens is 160 g/mol. The summed E-state index contributed by atoms with van der Waals surface area (Å²) >= 11 is 0. The number of hydrogen-bond acceptors (Lipinski definition) is 2. The van der Waals surface area contributed by atoms with Gasteiger partial charge in [-0.15, -0.1) is 0 Å². The van der Waals surface area contributed by atoms with Crippen molar-refractivity contribution in [2.75, 3.05) is 19.6 Å². The van der Waals surface area contributed by atoms with Crippen LogP contribution in [0.4, 0.5) is 0 Å². The largest absolute Gasteiger partial charge is 0.328 e. The second-order valence-electron chi connectivity index (χ2n) is 4.46. The van der Waals surface area contributed by atoms with Gasteiger partial charge in [-0.05, 0) is 31.6 Å². The van der Waals surface area contributed by atoms with Crippen LogP contribution in [0.3, 0.4) is 0 Å². The minimum Gasteiger partial charge on any atom is -0.328 e. The molecule has 2 nitrogen and oxygen atoms in total. The molecular formula is C11H20N2. The van der Waals surface area contributed by atoms with Crippen LogP contribution >= 0.6 is 0 Å². The molecule has 0 aromatic carbocycles. The normalized spacial score (nSPS) is 35.5. The molecule has 0 spiro atoms. The monoisotopic (exact) mass is 180 g/mol.